The smallest absolute Gasteiger partial charge is 0.258 e. The molecule has 32 heavy (non-hydrogen) atoms. The molecular weight excluding hydrogens is 419 g/mol. The SMILES string of the molecule is Cc1cc(O)c(C(c2ccccc2F)c2c(O)cc(C)n(CCO)c2=O)c(=O)n1CCO. The standard InChI is InChI=1S/C23H25FN2O6/c1-13-11-17(29)20(22(31)25(13)7-9-27)19(15-5-3-4-6-16(15)24)21-18(30)12-14(2)26(8-10-28)23(21)32/h3-6,11-12,19,27-30H,7-10H2,1-2H3. The molecule has 0 radical (unpaired) electrons. The van der Waals surface area contributed by atoms with Gasteiger partial charge in [0, 0.05) is 30.0 Å². The minimum atomic E-state index is -1.44. The van der Waals surface area contributed by atoms with Crippen LogP contribution in [0.2, 0.25) is 0 Å². The second-order valence-corrected chi connectivity index (χ2v) is 7.48. The summed E-state index contributed by atoms with van der Waals surface area (Å²) < 4.78 is 17.4. The molecule has 0 aliphatic rings. The molecule has 1 aromatic carbocycles. The van der Waals surface area contributed by atoms with E-state index >= 15 is 0 Å². The third kappa shape index (κ3) is 4.04. The van der Waals surface area contributed by atoms with Crippen molar-refractivity contribution in [1.82, 2.24) is 9.13 Å². The first-order valence-corrected chi connectivity index (χ1v) is 10.1. The number of aliphatic hydroxyl groups excluding tert-OH is 2. The average molecular weight is 444 g/mol. The minimum Gasteiger partial charge on any atom is -0.507 e. The zero-order chi connectivity index (χ0) is 23.6. The Bertz CT molecular complexity index is 1190. The van der Waals surface area contributed by atoms with E-state index in [-0.39, 0.29) is 43.0 Å². The summed E-state index contributed by atoms with van der Waals surface area (Å²) in [6.45, 7) is 2.28. The molecule has 0 aliphatic carbocycles. The van der Waals surface area contributed by atoms with Crippen LogP contribution in [0.4, 0.5) is 4.39 Å². The molecule has 8 nitrogen and oxygen atoms in total. The van der Waals surface area contributed by atoms with Gasteiger partial charge in [-0.25, -0.2) is 4.39 Å². The highest BCUT2D eigenvalue weighted by Crippen LogP contribution is 2.38. The molecule has 4 N–H and O–H groups in total. The van der Waals surface area contributed by atoms with E-state index in [1.54, 1.807) is 13.8 Å². The van der Waals surface area contributed by atoms with Crippen molar-refractivity contribution < 1.29 is 24.8 Å². The Morgan fingerprint density at radius 1 is 0.844 bits per heavy atom. The monoisotopic (exact) mass is 444 g/mol. The van der Waals surface area contributed by atoms with Gasteiger partial charge in [0.25, 0.3) is 11.1 Å². The Hall–Kier alpha value is -3.43. The summed E-state index contributed by atoms with van der Waals surface area (Å²) in [5.74, 6) is -3.11. The van der Waals surface area contributed by atoms with Gasteiger partial charge >= 0.3 is 0 Å². The van der Waals surface area contributed by atoms with Crippen LogP contribution in [0.1, 0.15) is 34.0 Å². The Morgan fingerprint density at radius 2 is 1.28 bits per heavy atom. The molecule has 2 heterocycles. The van der Waals surface area contributed by atoms with Crippen LogP contribution in [0.15, 0.2) is 46.0 Å². The van der Waals surface area contributed by atoms with E-state index in [1.807, 2.05) is 0 Å². The number of halogens is 1. The third-order valence-corrected chi connectivity index (χ3v) is 5.49. The van der Waals surface area contributed by atoms with Crippen molar-refractivity contribution in [2.24, 2.45) is 0 Å². The predicted molar refractivity (Wildman–Crippen MR) is 116 cm³/mol. The number of rotatable bonds is 7. The van der Waals surface area contributed by atoms with E-state index in [9.17, 15) is 34.4 Å². The fourth-order valence-corrected chi connectivity index (χ4v) is 4.00. The highest BCUT2D eigenvalue weighted by molar-refractivity contribution is 5.52. The van der Waals surface area contributed by atoms with Gasteiger partial charge < -0.3 is 29.6 Å². The fraction of sp³-hybridized carbons (Fsp3) is 0.304. The maximum absolute atomic E-state index is 14.9. The number of benzene rings is 1. The van der Waals surface area contributed by atoms with Gasteiger partial charge in [-0.1, -0.05) is 18.2 Å². The number of hydrogen-bond donors (Lipinski definition) is 4. The van der Waals surface area contributed by atoms with Crippen LogP contribution in [0.3, 0.4) is 0 Å². The van der Waals surface area contributed by atoms with Gasteiger partial charge in [0.2, 0.25) is 0 Å². The average Bonchev–Trinajstić information content (AvgIpc) is 2.73. The summed E-state index contributed by atoms with van der Waals surface area (Å²) in [5.41, 5.74) is -1.42. The molecule has 0 unspecified atom stereocenters. The predicted octanol–water partition coefficient (Wildman–Crippen LogP) is 1.34. The number of pyridine rings is 2. The molecule has 0 bridgehead atoms. The second kappa shape index (κ2) is 9.37. The number of nitrogens with zero attached hydrogens (tertiary/aromatic N) is 2. The lowest BCUT2D eigenvalue weighted by Gasteiger charge is -2.23. The van der Waals surface area contributed by atoms with E-state index in [4.69, 9.17) is 0 Å². The Morgan fingerprint density at radius 3 is 1.69 bits per heavy atom. The number of aryl methyl sites for hydroxylation is 2. The maximum atomic E-state index is 14.9. The maximum Gasteiger partial charge on any atom is 0.258 e. The third-order valence-electron chi connectivity index (χ3n) is 5.49. The van der Waals surface area contributed by atoms with Crippen molar-refractivity contribution in [3.63, 3.8) is 0 Å². The zero-order valence-electron chi connectivity index (χ0n) is 17.7. The van der Waals surface area contributed by atoms with Crippen molar-refractivity contribution >= 4 is 0 Å². The molecular formula is C23H25FN2O6. The molecule has 3 aromatic rings. The van der Waals surface area contributed by atoms with Gasteiger partial charge in [-0.2, -0.15) is 0 Å². The van der Waals surface area contributed by atoms with Crippen LogP contribution in [0.25, 0.3) is 0 Å². The van der Waals surface area contributed by atoms with Crippen molar-refractivity contribution in [3.8, 4) is 11.5 Å². The van der Waals surface area contributed by atoms with E-state index in [1.165, 1.54) is 39.5 Å². The minimum absolute atomic E-state index is 0.0729. The highest BCUT2D eigenvalue weighted by Gasteiger charge is 2.32. The summed E-state index contributed by atoms with van der Waals surface area (Å²) in [6, 6.07) is 8.05. The van der Waals surface area contributed by atoms with Crippen molar-refractivity contribution in [3.05, 3.63) is 91.0 Å². The molecule has 0 spiro atoms. The molecule has 0 saturated heterocycles. The quantitative estimate of drug-likeness (QED) is 0.436. The van der Waals surface area contributed by atoms with Gasteiger partial charge in [-0.3, -0.25) is 9.59 Å². The largest absolute Gasteiger partial charge is 0.507 e. The first-order valence-electron chi connectivity index (χ1n) is 10.1. The molecule has 2 aromatic heterocycles. The molecule has 0 aliphatic heterocycles. The number of aliphatic hydroxyl groups is 2. The Labute approximate surface area is 183 Å². The summed E-state index contributed by atoms with van der Waals surface area (Å²) in [4.78, 5) is 26.7. The number of aromatic hydroxyl groups is 2. The lowest BCUT2D eigenvalue weighted by atomic mass is 9.84. The normalized spacial score (nSPS) is 11.3. The van der Waals surface area contributed by atoms with Crippen LogP contribution >= 0.6 is 0 Å². The van der Waals surface area contributed by atoms with Gasteiger partial charge in [-0.15, -0.1) is 0 Å². The summed E-state index contributed by atoms with van der Waals surface area (Å²) in [7, 11) is 0. The Kier molecular flexibility index (Phi) is 6.81. The van der Waals surface area contributed by atoms with Gasteiger partial charge in [0.1, 0.15) is 17.3 Å². The van der Waals surface area contributed by atoms with Crippen molar-refractivity contribution in [1.29, 1.82) is 0 Å². The molecule has 170 valence electrons. The van der Waals surface area contributed by atoms with Gasteiger partial charge in [0.15, 0.2) is 0 Å². The van der Waals surface area contributed by atoms with E-state index in [0.717, 1.165) is 6.07 Å². The van der Waals surface area contributed by atoms with Gasteiger partial charge in [-0.05, 0) is 32.0 Å². The molecule has 0 saturated carbocycles. The summed E-state index contributed by atoms with van der Waals surface area (Å²) in [6.07, 6.45) is 0. The summed E-state index contributed by atoms with van der Waals surface area (Å²) >= 11 is 0. The van der Waals surface area contributed by atoms with Crippen LogP contribution in [0, 0.1) is 19.7 Å². The van der Waals surface area contributed by atoms with Crippen LogP contribution in [0.5, 0.6) is 11.5 Å². The second-order valence-electron chi connectivity index (χ2n) is 7.48. The molecule has 0 fully saturated rings. The number of aromatic nitrogens is 2. The summed E-state index contributed by atoms with van der Waals surface area (Å²) in [5, 5.41) is 40.2. The van der Waals surface area contributed by atoms with Gasteiger partial charge in [0.05, 0.1) is 30.3 Å². The molecule has 0 amide bonds. The topological polar surface area (TPSA) is 125 Å². The zero-order valence-corrected chi connectivity index (χ0v) is 17.7. The van der Waals surface area contributed by atoms with Crippen LogP contribution in [-0.2, 0) is 13.1 Å². The highest BCUT2D eigenvalue weighted by atomic mass is 19.1. The van der Waals surface area contributed by atoms with Crippen LogP contribution in [-0.4, -0.2) is 42.8 Å². The Balaban J connectivity index is 2.47. The van der Waals surface area contributed by atoms with Crippen molar-refractivity contribution in [2.75, 3.05) is 13.2 Å². The lowest BCUT2D eigenvalue weighted by molar-refractivity contribution is 0.272. The molecule has 0 atom stereocenters. The van der Waals surface area contributed by atoms with E-state index in [2.05, 4.69) is 0 Å². The van der Waals surface area contributed by atoms with Crippen LogP contribution < -0.4 is 11.1 Å². The lowest BCUT2D eigenvalue weighted by Crippen LogP contribution is -2.33. The fourth-order valence-electron chi connectivity index (χ4n) is 4.00. The number of hydrogen-bond acceptors (Lipinski definition) is 6. The van der Waals surface area contributed by atoms with Crippen molar-refractivity contribution in [2.45, 2.75) is 32.9 Å². The van der Waals surface area contributed by atoms with E-state index < -0.39 is 34.4 Å². The molecule has 9 heteroatoms. The first kappa shape index (κ1) is 23.2. The van der Waals surface area contributed by atoms with E-state index in [0.29, 0.717) is 11.4 Å². The molecule has 3 rings (SSSR count). The first-order chi connectivity index (χ1) is 15.2.